The van der Waals surface area contributed by atoms with Crippen LogP contribution >= 0.6 is 0 Å². The standard InChI is InChI=1S/C10H10F3N5O2/c11-10(12,13)6-4-7(14-3-1-2-8(19)20)18-9(17-6)15-5-16-18/h4-5,14H,1-3H2,(H,19,20). The molecule has 7 nitrogen and oxygen atoms in total. The van der Waals surface area contributed by atoms with Crippen LogP contribution in [0.15, 0.2) is 12.4 Å². The van der Waals surface area contributed by atoms with Gasteiger partial charge in [0.05, 0.1) is 0 Å². The Hall–Kier alpha value is -2.39. The van der Waals surface area contributed by atoms with Gasteiger partial charge >= 0.3 is 12.1 Å². The zero-order valence-corrected chi connectivity index (χ0v) is 10.1. The first kappa shape index (κ1) is 14.0. The van der Waals surface area contributed by atoms with Gasteiger partial charge in [-0.3, -0.25) is 4.79 Å². The Labute approximate surface area is 110 Å². The average molecular weight is 289 g/mol. The summed E-state index contributed by atoms with van der Waals surface area (Å²) in [5.41, 5.74) is -1.08. The Kier molecular flexibility index (Phi) is 3.72. The van der Waals surface area contributed by atoms with Gasteiger partial charge < -0.3 is 10.4 Å². The van der Waals surface area contributed by atoms with Gasteiger partial charge in [-0.2, -0.15) is 27.8 Å². The highest BCUT2D eigenvalue weighted by Crippen LogP contribution is 2.29. The van der Waals surface area contributed by atoms with Crippen LogP contribution in [-0.4, -0.2) is 37.2 Å². The van der Waals surface area contributed by atoms with Crippen LogP contribution in [-0.2, 0) is 11.0 Å². The summed E-state index contributed by atoms with van der Waals surface area (Å²) in [6.45, 7) is 0.197. The molecule has 108 valence electrons. The summed E-state index contributed by atoms with van der Waals surface area (Å²) >= 11 is 0. The molecule has 0 aliphatic heterocycles. The van der Waals surface area contributed by atoms with Gasteiger partial charge in [0, 0.05) is 19.0 Å². The number of alkyl halides is 3. The van der Waals surface area contributed by atoms with Gasteiger partial charge in [0.25, 0.3) is 5.78 Å². The normalized spacial score (nSPS) is 11.8. The third-order valence-corrected chi connectivity index (χ3v) is 2.42. The van der Waals surface area contributed by atoms with Gasteiger partial charge in [0.2, 0.25) is 0 Å². The number of hydrogen-bond donors (Lipinski definition) is 2. The molecule has 0 atom stereocenters. The van der Waals surface area contributed by atoms with E-state index in [4.69, 9.17) is 5.11 Å². The van der Waals surface area contributed by atoms with E-state index in [1.54, 1.807) is 0 Å². The fraction of sp³-hybridized carbons (Fsp3) is 0.400. The van der Waals surface area contributed by atoms with Crippen LogP contribution in [0.2, 0.25) is 0 Å². The first-order valence-corrected chi connectivity index (χ1v) is 5.61. The van der Waals surface area contributed by atoms with Crippen molar-refractivity contribution in [3.63, 3.8) is 0 Å². The number of nitrogens with one attached hydrogen (secondary N) is 1. The van der Waals surface area contributed by atoms with Crippen molar-refractivity contribution < 1.29 is 23.1 Å². The molecule has 0 fully saturated rings. The summed E-state index contributed by atoms with van der Waals surface area (Å²) in [7, 11) is 0. The minimum absolute atomic E-state index is 0.0604. The van der Waals surface area contributed by atoms with Gasteiger partial charge in [-0.1, -0.05) is 0 Å². The number of carbonyl (C=O) groups is 1. The van der Waals surface area contributed by atoms with E-state index in [2.05, 4.69) is 20.4 Å². The van der Waals surface area contributed by atoms with Crippen molar-refractivity contribution in [1.82, 2.24) is 19.6 Å². The third kappa shape index (κ3) is 3.13. The van der Waals surface area contributed by atoms with E-state index in [9.17, 15) is 18.0 Å². The number of aromatic nitrogens is 4. The predicted molar refractivity (Wildman–Crippen MR) is 61.1 cm³/mol. The maximum Gasteiger partial charge on any atom is 0.433 e. The zero-order chi connectivity index (χ0) is 14.8. The van der Waals surface area contributed by atoms with Crippen molar-refractivity contribution in [2.45, 2.75) is 19.0 Å². The summed E-state index contributed by atoms with van der Waals surface area (Å²) in [4.78, 5) is 17.3. The second kappa shape index (κ2) is 5.31. The molecule has 0 saturated carbocycles. The Morgan fingerprint density at radius 3 is 2.85 bits per heavy atom. The summed E-state index contributed by atoms with van der Waals surface area (Å²) in [5.74, 6) is -1.09. The summed E-state index contributed by atoms with van der Waals surface area (Å²) in [6, 6.07) is 0.808. The molecule has 0 radical (unpaired) electrons. The maximum absolute atomic E-state index is 12.7. The molecule has 2 heterocycles. The van der Waals surface area contributed by atoms with E-state index < -0.39 is 17.8 Å². The number of anilines is 1. The summed E-state index contributed by atoms with van der Waals surface area (Å²) < 4.78 is 39.1. The monoisotopic (exact) mass is 289 g/mol. The number of carboxylic acid groups (broad SMARTS) is 1. The van der Waals surface area contributed by atoms with E-state index >= 15 is 0 Å². The molecule has 0 aliphatic rings. The molecule has 10 heteroatoms. The SMILES string of the molecule is O=C(O)CCCNc1cc(C(F)(F)F)nc2ncnn12. The molecular formula is C10H10F3N5O2. The van der Waals surface area contributed by atoms with E-state index in [0.717, 1.165) is 16.9 Å². The van der Waals surface area contributed by atoms with Crippen LogP contribution in [0, 0.1) is 0 Å². The Balaban J connectivity index is 2.22. The smallest absolute Gasteiger partial charge is 0.433 e. The van der Waals surface area contributed by atoms with Crippen molar-refractivity contribution in [2.24, 2.45) is 0 Å². The second-order valence-corrected chi connectivity index (χ2v) is 3.92. The fourth-order valence-corrected chi connectivity index (χ4v) is 1.54. The molecule has 0 saturated heterocycles. The molecule has 0 aromatic carbocycles. The Morgan fingerprint density at radius 1 is 1.45 bits per heavy atom. The lowest BCUT2D eigenvalue weighted by Crippen LogP contribution is -2.14. The number of carboxylic acids is 1. The molecule has 0 amide bonds. The molecule has 0 spiro atoms. The fourth-order valence-electron chi connectivity index (χ4n) is 1.54. The highest BCUT2D eigenvalue weighted by atomic mass is 19.4. The number of aliphatic carboxylic acids is 1. The first-order valence-electron chi connectivity index (χ1n) is 5.61. The Morgan fingerprint density at radius 2 is 2.20 bits per heavy atom. The number of halogens is 3. The van der Waals surface area contributed by atoms with Crippen molar-refractivity contribution >= 4 is 17.6 Å². The number of nitrogens with zero attached hydrogens (tertiary/aromatic N) is 4. The molecule has 2 aromatic rings. The number of rotatable bonds is 5. The van der Waals surface area contributed by atoms with Crippen LogP contribution in [0.1, 0.15) is 18.5 Å². The third-order valence-electron chi connectivity index (χ3n) is 2.42. The van der Waals surface area contributed by atoms with Gasteiger partial charge in [-0.15, -0.1) is 0 Å². The molecule has 2 aromatic heterocycles. The first-order chi connectivity index (χ1) is 9.38. The van der Waals surface area contributed by atoms with E-state index in [1.165, 1.54) is 0 Å². The van der Waals surface area contributed by atoms with Crippen molar-refractivity contribution in [2.75, 3.05) is 11.9 Å². The van der Waals surface area contributed by atoms with Crippen LogP contribution in [0.4, 0.5) is 19.0 Å². The minimum atomic E-state index is -4.59. The molecule has 20 heavy (non-hydrogen) atoms. The van der Waals surface area contributed by atoms with Crippen LogP contribution in [0.3, 0.4) is 0 Å². The Bertz CT molecular complexity index is 625. The van der Waals surface area contributed by atoms with Crippen LogP contribution in [0.5, 0.6) is 0 Å². The van der Waals surface area contributed by atoms with Gasteiger partial charge in [0.15, 0.2) is 5.69 Å². The van der Waals surface area contributed by atoms with Gasteiger partial charge in [0.1, 0.15) is 12.1 Å². The largest absolute Gasteiger partial charge is 0.481 e. The van der Waals surface area contributed by atoms with Gasteiger partial charge in [-0.25, -0.2) is 4.98 Å². The highest BCUT2D eigenvalue weighted by molar-refractivity contribution is 5.66. The molecule has 2 N–H and O–H groups in total. The second-order valence-electron chi connectivity index (χ2n) is 3.92. The lowest BCUT2D eigenvalue weighted by Gasteiger charge is -2.10. The summed E-state index contributed by atoms with van der Waals surface area (Å²) in [6.07, 6.45) is -3.31. The molecular weight excluding hydrogens is 279 g/mol. The maximum atomic E-state index is 12.7. The number of fused-ring (bicyclic) bond motifs is 1. The van der Waals surface area contributed by atoms with E-state index in [-0.39, 0.29) is 31.0 Å². The summed E-state index contributed by atoms with van der Waals surface area (Å²) in [5, 5.41) is 14.9. The molecule has 2 rings (SSSR count). The van der Waals surface area contributed by atoms with E-state index in [0.29, 0.717) is 0 Å². The van der Waals surface area contributed by atoms with Crippen LogP contribution < -0.4 is 5.32 Å². The average Bonchev–Trinajstić information content (AvgIpc) is 2.81. The van der Waals surface area contributed by atoms with Crippen molar-refractivity contribution in [3.8, 4) is 0 Å². The topological polar surface area (TPSA) is 92.4 Å². The quantitative estimate of drug-likeness (QED) is 0.809. The lowest BCUT2D eigenvalue weighted by molar-refractivity contribution is -0.141. The molecule has 0 unspecified atom stereocenters. The zero-order valence-electron chi connectivity index (χ0n) is 10.1. The predicted octanol–water partition coefficient (Wildman–Crippen LogP) is 1.42. The van der Waals surface area contributed by atoms with E-state index in [1.807, 2.05) is 0 Å². The number of hydrogen-bond acceptors (Lipinski definition) is 5. The molecule has 0 bridgehead atoms. The van der Waals surface area contributed by atoms with Crippen molar-refractivity contribution in [1.29, 1.82) is 0 Å². The lowest BCUT2D eigenvalue weighted by atomic mass is 10.3. The minimum Gasteiger partial charge on any atom is -0.481 e. The van der Waals surface area contributed by atoms with Crippen LogP contribution in [0.25, 0.3) is 5.78 Å². The highest BCUT2D eigenvalue weighted by Gasteiger charge is 2.34. The van der Waals surface area contributed by atoms with Gasteiger partial charge in [-0.05, 0) is 6.42 Å². The van der Waals surface area contributed by atoms with Crippen molar-refractivity contribution in [3.05, 3.63) is 18.1 Å². The molecule has 0 aliphatic carbocycles.